The molecule has 0 aromatic heterocycles. The van der Waals surface area contributed by atoms with Crippen molar-refractivity contribution in [1.82, 2.24) is 0 Å². The van der Waals surface area contributed by atoms with E-state index in [1.807, 2.05) is 6.92 Å². The summed E-state index contributed by atoms with van der Waals surface area (Å²) in [6.07, 6.45) is 1.50. The molecule has 1 saturated carbocycles. The molecular weight excluding hydrogens is 168 g/mol. The third-order valence-corrected chi connectivity index (χ3v) is 3.57. The molecule has 1 N–H and O–H groups in total. The Morgan fingerprint density at radius 3 is 3.08 bits per heavy atom. The molecule has 0 aromatic carbocycles. The number of rotatable bonds is 2. The van der Waals surface area contributed by atoms with Gasteiger partial charge in [0.15, 0.2) is 0 Å². The van der Waals surface area contributed by atoms with E-state index in [9.17, 15) is 5.11 Å². The number of ether oxygens (including phenoxy) is 2. The lowest BCUT2D eigenvalue weighted by atomic mass is 9.73. The van der Waals surface area contributed by atoms with Gasteiger partial charge in [0.2, 0.25) is 0 Å². The SMILES string of the molecule is COC[C@@H]1C[C@H](O)[C@@]2(C)C[C@@H]1CO2. The van der Waals surface area contributed by atoms with Crippen molar-refractivity contribution in [3.05, 3.63) is 0 Å². The molecular formula is C10H18O3. The Morgan fingerprint density at radius 1 is 1.62 bits per heavy atom. The summed E-state index contributed by atoms with van der Waals surface area (Å²) in [7, 11) is 1.72. The summed E-state index contributed by atoms with van der Waals surface area (Å²) < 4.78 is 10.8. The van der Waals surface area contributed by atoms with E-state index in [0.717, 1.165) is 26.1 Å². The largest absolute Gasteiger partial charge is 0.390 e. The molecule has 1 heterocycles. The molecule has 3 nitrogen and oxygen atoms in total. The van der Waals surface area contributed by atoms with E-state index in [-0.39, 0.29) is 11.7 Å². The van der Waals surface area contributed by atoms with Crippen molar-refractivity contribution in [2.75, 3.05) is 20.3 Å². The van der Waals surface area contributed by atoms with Crippen LogP contribution < -0.4 is 0 Å². The first-order chi connectivity index (χ1) is 6.15. The molecule has 3 heteroatoms. The van der Waals surface area contributed by atoms with E-state index in [1.165, 1.54) is 0 Å². The summed E-state index contributed by atoms with van der Waals surface area (Å²) in [5.41, 5.74) is -0.269. The Morgan fingerprint density at radius 2 is 2.38 bits per heavy atom. The highest BCUT2D eigenvalue weighted by Gasteiger charge is 2.49. The van der Waals surface area contributed by atoms with E-state index in [0.29, 0.717) is 11.8 Å². The molecule has 0 aromatic rings. The zero-order valence-electron chi connectivity index (χ0n) is 8.32. The maximum atomic E-state index is 9.87. The Hall–Kier alpha value is -0.120. The molecule has 2 rings (SSSR count). The van der Waals surface area contributed by atoms with Crippen LogP contribution in [0.15, 0.2) is 0 Å². The lowest BCUT2D eigenvalue weighted by molar-refractivity contribution is -0.0885. The predicted octanol–water partition coefficient (Wildman–Crippen LogP) is 0.809. The van der Waals surface area contributed by atoms with Crippen LogP contribution in [0.5, 0.6) is 0 Å². The van der Waals surface area contributed by atoms with Gasteiger partial charge in [-0.1, -0.05) is 0 Å². The van der Waals surface area contributed by atoms with Gasteiger partial charge >= 0.3 is 0 Å². The first kappa shape index (κ1) is 9.44. The van der Waals surface area contributed by atoms with Crippen LogP contribution in [-0.2, 0) is 9.47 Å². The van der Waals surface area contributed by atoms with Gasteiger partial charge < -0.3 is 14.6 Å². The predicted molar refractivity (Wildman–Crippen MR) is 48.5 cm³/mol. The quantitative estimate of drug-likeness (QED) is 0.693. The highest BCUT2D eigenvalue weighted by atomic mass is 16.5. The van der Waals surface area contributed by atoms with E-state index >= 15 is 0 Å². The monoisotopic (exact) mass is 186 g/mol. The summed E-state index contributed by atoms with van der Waals surface area (Å²) in [6.45, 7) is 3.56. The Kier molecular flexibility index (Phi) is 2.34. The van der Waals surface area contributed by atoms with E-state index in [1.54, 1.807) is 7.11 Å². The average molecular weight is 186 g/mol. The second-order valence-electron chi connectivity index (χ2n) is 4.55. The van der Waals surface area contributed by atoms with Gasteiger partial charge in [-0.2, -0.15) is 0 Å². The number of fused-ring (bicyclic) bond motifs is 2. The van der Waals surface area contributed by atoms with Crippen molar-refractivity contribution in [3.8, 4) is 0 Å². The van der Waals surface area contributed by atoms with Gasteiger partial charge in [0.25, 0.3) is 0 Å². The summed E-state index contributed by atoms with van der Waals surface area (Å²) >= 11 is 0. The number of aliphatic hydroxyl groups is 1. The van der Waals surface area contributed by atoms with Crippen LogP contribution in [-0.4, -0.2) is 37.1 Å². The molecule has 0 spiro atoms. The van der Waals surface area contributed by atoms with Gasteiger partial charge in [0, 0.05) is 13.7 Å². The zero-order valence-corrected chi connectivity index (χ0v) is 8.32. The van der Waals surface area contributed by atoms with Gasteiger partial charge in [-0.15, -0.1) is 0 Å². The third kappa shape index (κ3) is 1.49. The number of hydrogen-bond donors (Lipinski definition) is 1. The average Bonchev–Trinajstić information content (AvgIpc) is 2.43. The third-order valence-electron chi connectivity index (χ3n) is 3.57. The lowest BCUT2D eigenvalue weighted by Crippen LogP contribution is -2.44. The number of aliphatic hydroxyl groups excluding tert-OH is 1. The molecule has 0 amide bonds. The molecule has 0 unspecified atom stereocenters. The van der Waals surface area contributed by atoms with Crippen LogP contribution in [0.3, 0.4) is 0 Å². The van der Waals surface area contributed by atoms with Crippen molar-refractivity contribution in [1.29, 1.82) is 0 Å². The summed E-state index contributed by atoms with van der Waals surface area (Å²) in [5.74, 6) is 1.07. The summed E-state index contributed by atoms with van der Waals surface area (Å²) in [5, 5.41) is 9.87. The summed E-state index contributed by atoms with van der Waals surface area (Å²) in [6, 6.07) is 0. The fourth-order valence-electron chi connectivity index (χ4n) is 2.62. The van der Waals surface area contributed by atoms with E-state index < -0.39 is 0 Å². The second-order valence-corrected chi connectivity index (χ2v) is 4.55. The van der Waals surface area contributed by atoms with Crippen molar-refractivity contribution >= 4 is 0 Å². The first-order valence-electron chi connectivity index (χ1n) is 4.96. The molecule has 76 valence electrons. The summed E-state index contributed by atoms with van der Waals surface area (Å²) in [4.78, 5) is 0. The highest BCUT2D eigenvalue weighted by molar-refractivity contribution is 4.99. The van der Waals surface area contributed by atoms with Crippen LogP contribution in [0, 0.1) is 11.8 Å². The minimum Gasteiger partial charge on any atom is -0.390 e. The fourth-order valence-corrected chi connectivity index (χ4v) is 2.62. The van der Waals surface area contributed by atoms with Crippen LogP contribution in [0.25, 0.3) is 0 Å². The second kappa shape index (κ2) is 3.23. The Balaban J connectivity index is 2.05. The molecule has 2 aliphatic rings. The fraction of sp³-hybridized carbons (Fsp3) is 1.00. The number of hydrogen-bond acceptors (Lipinski definition) is 3. The van der Waals surface area contributed by atoms with Gasteiger partial charge in [-0.05, 0) is 31.6 Å². The van der Waals surface area contributed by atoms with E-state index in [2.05, 4.69) is 0 Å². The minimum atomic E-state index is -0.314. The Bertz CT molecular complexity index is 195. The highest BCUT2D eigenvalue weighted by Crippen LogP contribution is 2.44. The van der Waals surface area contributed by atoms with Crippen molar-refractivity contribution in [3.63, 3.8) is 0 Å². The van der Waals surface area contributed by atoms with Crippen LogP contribution in [0.2, 0.25) is 0 Å². The molecule has 4 atom stereocenters. The molecule has 13 heavy (non-hydrogen) atoms. The van der Waals surface area contributed by atoms with E-state index in [4.69, 9.17) is 9.47 Å². The molecule has 1 saturated heterocycles. The maximum Gasteiger partial charge on any atom is 0.0916 e. The van der Waals surface area contributed by atoms with Crippen molar-refractivity contribution in [2.24, 2.45) is 11.8 Å². The van der Waals surface area contributed by atoms with Crippen LogP contribution >= 0.6 is 0 Å². The van der Waals surface area contributed by atoms with Crippen LogP contribution in [0.1, 0.15) is 19.8 Å². The van der Waals surface area contributed by atoms with Crippen molar-refractivity contribution in [2.45, 2.75) is 31.5 Å². The molecule has 1 aliphatic carbocycles. The molecule has 2 fully saturated rings. The Labute approximate surface area is 79.0 Å². The molecule has 1 aliphatic heterocycles. The maximum absolute atomic E-state index is 9.87. The zero-order chi connectivity index (χ0) is 9.47. The number of methoxy groups -OCH3 is 1. The molecule has 2 bridgehead atoms. The minimum absolute atomic E-state index is 0.269. The van der Waals surface area contributed by atoms with Gasteiger partial charge in [0.05, 0.1) is 18.3 Å². The van der Waals surface area contributed by atoms with Gasteiger partial charge in [-0.25, -0.2) is 0 Å². The normalized spacial score (nSPS) is 49.6. The lowest BCUT2D eigenvalue weighted by Gasteiger charge is -2.36. The van der Waals surface area contributed by atoms with Crippen LogP contribution in [0.4, 0.5) is 0 Å². The topological polar surface area (TPSA) is 38.7 Å². The van der Waals surface area contributed by atoms with Gasteiger partial charge in [-0.3, -0.25) is 0 Å². The van der Waals surface area contributed by atoms with Gasteiger partial charge in [0.1, 0.15) is 0 Å². The smallest absolute Gasteiger partial charge is 0.0916 e. The standard InChI is InChI=1S/C10H18O3/c1-10-4-8(6-13-10)7(5-12-2)3-9(10)11/h7-9,11H,3-6H2,1-2H3/t7-,8+,9-,10+/m0/s1. The first-order valence-corrected chi connectivity index (χ1v) is 4.96. The van der Waals surface area contributed by atoms with Crippen molar-refractivity contribution < 1.29 is 14.6 Å². The molecule has 0 radical (unpaired) electrons.